The summed E-state index contributed by atoms with van der Waals surface area (Å²) in [5, 5.41) is 6.77. The molecule has 2 heterocycles. The van der Waals surface area contributed by atoms with Gasteiger partial charge in [0.1, 0.15) is 6.61 Å². The summed E-state index contributed by atoms with van der Waals surface area (Å²) in [6.45, 7) is 14.4. The molecule has 1 fully saturated rings. The van der Waals surface area contributed by atoms with Crippen LogP contribution in [-0.2, 0) is 0 Å². The molecule has 0 bridgehead atoms. The summed E-state index contributed by atoms with van der Waals surface area (Å²) in [4.78, 5) is 9.80. The smallest absolute Gasteiger partial charge is 0.191 e. The molecule has 0 spiro atoms. The van der Waals surface area contributed by atoms with Crippen molar-refractivity contribution < 1.29 is 9.47 Å². The molecule has 7 nitrogen and oxygen atoms in total. The average Bonchev–Trinajstić information content (AvgIpc) is 2.77. The molecule has 7 heteroatoms. The lowest BCUT2D eigenvalue weighted by atomic mass is 10.2. The molecule has 29 heavy (non-hydrogen) atoms. The Morgan fingerprint density at radius 2 is 1.79 bits per heavy atom. The number of piperazine rings is 1. The van der Waals surface area contributed by atoms with Crippen molar-refractivity contribution in [3.8, 4) is 11.5 Å². The third kappa shape index (κ3) is 7.08. The summed E-state index contributed by atoms with van der Waals surface area (Å²) in [7, 11) is 0. The fourth-order valence-electron chi connectivity index (χ4n) is 3.68. The zero-order valence-electron chi connectivity index (χ0n) is 18.0. The molecule has 2 aliphatic rings. The minimum atomic E-state index is -0.0536. The standard InChI is InChI=1S/C22H37N5O2/c1-3-23-22(24-11-7-8-12-27-15-13-26(4-2)14-16-27)25-17-19-18-28-20-9-5-6-10-21(20)29-19/h5-6,9-10,19H,3-4,7-8,11-18H2,1-2H3,(H2,23,24,25). The van der Waals surface area contributed by atoms with Gasteiger partial charge in [0.25, 0.3) is 0 Å². The highest BCUT2D eigenvalue weighted by atomic mass is 16.6. The van der Waals surface area contributed by atoms with Crippen LogP contribution in [-0.4, -0.2) is 87.4 Å². The molecular weight excluding hydrogens is 366 g/mol. The maximum Gasteiger partial charge on any atom is 0.191 e. The Morgan fingerprint density at radius 3 is 2.55 bits per heavy atom. The number of nitrogens with one attached hydrogen (secondary N) is 2. The normalized spacial score (nSPS) is 20.5. The van der Waals surface area contributed by atoms with Gasteiger partial charge in [-0.05, 0) is 45.0 Å². The minimum Gasteiger partial charge on any atom is -0.486 e. The Kier molecular flexibility index (Phi) is 8.89. The molecule has 1 aromatic rings. The predicted molar refractivity (Wildman–Crippen MR) is 118 cm³/mol. The van der Waals surface area contributed by atoms with Crippen LogP contribution < -0.4 is 20.1 Å². The van der Waals surface area contributed by atoms with E-state index in [4.69, 9.17) is 9.47 Å². The van der Waals surface area contributed by atoms with Crippen LogP contribution in [0.4, 0.5) is 0 Å². The van der Waals surface area contributed by atoms with Gasteiger partial charge >= 0.3 is 0 Å². The van der Waals surface area contributed by atoms with Crippen LogP contribution in [0.2, 0.25) is 0 Å². The molecule has 0 amide bonds. The third-order valence-electron chi connectivity index (χ3n) is 5.47. The average molecular weight is 404 g/mol. The molecule has 2 N–H and O–H groups in total. The van der Waals surface area contributed by atoms with Gasteiger partial charge in [0.2, 0.25) is 0 Å². The Hall–Kier alpha value is -1.99. The number of para-hydroxylation sites is 2. The van der Waals surface area contributed by atoms with E-state index in [9.17, 15) is 0 Å². The molecule has 1 atom stereocenters. The SMILES string of the molecule is CCNC(=NCC1COc2ccccc2O1)NCCCCN1CCN(CC)CC1. The number of hydrogen-bond acceptors (Lipinski definition) is 5. The molecule has 0 radical (unpaired) electrons. The highest BCUT2D eigenvalue weighted by molar-refractivity contribution is 5.79. The van der Waals surface area contributed by atoms with Crippen LogP contribution in [0.3, 0.4) is 0 Å². The van der Waals surface area contributed by atoms with E-state index in [0.29, 0.717) is 13.2 Å². The predicted octanol–water partition coefficient (Wildman–Crippen LogP) is 1.80. The van der Waals surface area contributed by atoms with Crippen molar-refractivity contribution in [1.29, 1.82) is 0 Å². The molecule has 1 unspecified atom stereocenters. The van der Waals surface area contributed by atoms with Crippen molar-refractivity contribution in [3.05, 3.63) is 24.3 Å². The summed E-state index contributed by atoms with van der Waals surface area (Å²) in [5.74, 6) is 2.47. The topological polar surface area (TPSA) is 61.4 Å². The molecule has 1 aromatic carbocycles. The maximum absolute atomic E-state index is 5.99. The molecule has 1 saturated heterocycles. The quantitative estimate of drug-likeness (QED) is 0.373. The van der Waals surface area contributed by atoms with E-state index in [0.717, 1.165) is 37.0 Å². The van der Waals surface area contributed by atoms with Crippen LogP contribution >= 0.6 is 0 Å². The van der Waals surface area contributed by atoms with E-state index in [2.05, 4.69) is 39.3 Å². The van der Waals surface area contributed by atoms with Gasteiger partial charge in [-0.2, -0.15) is 0 Å². The molecule has 0 aliphatic carbocycles. The number of unbranched alkanes of at least 4 members (excludes halogenated alkanes) is 1. The fourth-order valence-corrected chi connectivity index (χ4v) is 3.68. The second-order valence-corrected chi connectivity index (χ2v) is 7.63. The van der Waals surface area contributed by atoms with E-state index < -0.39 is 0 Å². The molecule has 3 rings (SSSR count). The third-order valence-corrected chi connectivity index (χ3v) is 5.47. The Labute approximate surface area is 175 Å². The van der Waals surface area contributed by atoms with Crippen molar-refractivity contribution in [1.82, 2.24) is 20.4 Å². The molecule has 2 aliphatic heterocycles. The van der Waals surface area contributed by atoms with E-state index in [1.807, 2.05) is 24.3 Å². The van der Waals surface area contributed by atoms with Crippen molar-refractivity contribution >= 4 is 5.96 Å². The van der Waals surface area contributed by atoms with Crippen LogP contribution in [0.1, 0.15) is 26.7 Å². The van der Waals surface area contributed by atoms with Gasteiger partial charge in [-0.15, -0.1) is 0 Å². The van der Waals surface area contributed by atoms with Crippen molar-refractivity contribution in [2.24, 2.45) is 4.99 Å². The van der Waals surface area contributed by atoms with E-state index in [-0.39, 0.29) is 6.10 Å². The lowest BCUT2D eigenvalue weighted by Crippen LogP contribution is -2.46. The van der Waals surface area contributed by atoms with Gasteiger partial charge in [-0.3, -0.25) is 0 Å². The Balaban J connectivity index is 1.33. The van der Waals surface area contributed by atoms with Crippen molar-refractivity contribution in [2.75, 3.05) is 65.5 Å². The first kappa shape index (κ1) is 21.7. The molecular formula is C22H37N5O2. The van der Waals surface area contributed by atoms with E-state index in [1.165, 1.54) is 45.7 Å². The zero-order chi connectivity index (χ0) is 20.3. The van der Waals surface area contributed by atoms with Gasteiger partial charge in [0.05, 0.1) is 6.54 Å². The van der Waals surface area contributed by atoms with Crippen molar-refractivity contribution in [2.45, 2.75) is 32.8 Å². The van der Waals surface area contributed by atoms with Gasteiger partial charge in [-0.1, -0.05) is 19.1 Å². The van der Waals surface area contributed by atoms with Crippen LogP contribution in [0.15, 0.2) is 29.3 Å². The number of nitrogens with zero attached hydrogens (tertiary/aromatic N) is 3. The Bertz CT molecular complexity index is 631. The lowest BCUT2D eigenvalue weighted by Gasteiger charge is -2.34. The Morgan fingerprint density at radius 1 is 1.03 bits per heavy atom. The second-order valence-electron chi connectivity index (χ2n) is 7.63. The van der Waals surface area contributed by atoms with Gasteiger partial charge < -0.3 is 29.9 Å². The molecule has 0 saturated carbocycles. The van der Waals surface area contributed by atoms with Crippen LogP contribution in [0.5, 0.6) is 11.5 Å². The summed E-state index contributed by atoms with van der Waals surface area (Å²) in [5.41, 5.74) is 0. The minimum absolute atomic E-state index is 0.0536. The van der Waals surface area contributed by atoms with E-state index in [1.54, 1.807) is 0 Å². The largest absolute Gasteiger partial charge is 0.486 e. The fraction of sp³-hybridized carbons (Fsp3) is 0.682. The van der Waals surface area contributed by atoms with Crippen LogP contribution in [0, 0.1) is 0 Å². The number of ether oxygens (including phenoxy) is 2. The van der Waals surface area contributed by atoms with Crippen LogP contribution in [0.25, 0.3) is 0 Å². The highest BCUT2D eigenvalue weighted by Gasteiger charge is 2.20. The second kappa shape index (κ2) is 11.9. The lowest BCUT2D eigenvalue weighted by molar-refractivity contribution is 0.0971. The summed E-state index contributed by atoms with van der Waals surface area (Å²) >= 11 is 0. The number of rotatable bonds is 9. The summed E-state index contributed by atoms with van der Waals surface area (Å²) in [6, 6.07) is 7.79. The zero-order valence-corrected chi connectivity index (χ0v) is 18.0. The van der Waals surface area contributed by atoms with Gasteiger partial charge in [0.15, 0.2) is 23.6 Å². The van der Waals surface area contributed by atoms with Crippen molar-refractivity contribution in [3.63, 3.8) is 0 Å². The number of guanidine groups is 1. The van der Waals surface area contributed by atoms with Gasteiger partial charge in [-0.25, -0.2) is 4.99 Å². The van der Waals surface area contributed by atoms with Gasteiger partial charge in [0, 0.05) is 39.3 Å². The van der Waals surface area contributed by atoms with E-state index >= 15 is 0 Å². The maximum atomic E-state index is 5.99. The molecule has 162 valence electrons. The molecule has 0 aromatic heterocycles. The number of aliphatic imine (C=N–C) groups is 1. The monoisotopic (exact) mass is 403 g/mol. The summed E-state index contributed by atoms with van der Waals surface area (Å²) < 4.78 is 11.8. The number of hydrogen-bond donors (Lipinski definition) is 2. The first-order valence-corrected chi connectivity index (χ1v) is 11.1. The highest BCUT2D eigenvalue weighted by Crippen LogP contribution is 2.30. The number of benzene rings is 1. The number of likely N-dealkylation sites (N-methyl/N-ethyl adjacent to an activating group) is 1. The summed E-state index contributed by atoms with van der Waals surface area (Å²) in [6.07, 6.45) is 2.31. The number of fused-ring (bicyclic) bond motifs is 1. The first-order chi connectivity index (χ1) is 14.3. The first-order valence-electron chi connectivity index (χ1n) is 11.1.